The molecule has 2 aromatic heterocycles. The molecule has 0 radical (unpaired) electrons. The average Bonchev–Trinajstić information content (AvgIpc) is 3.66. The quantitative estimate of drug-likeness (QED) is 0.131. The predicted octanol–water partition coefficient (Wildman–Crippen LogP) is 5.58. The van der Waals surface area contributed by atoms with E-state index in [4.69, 9.17) is 0 Å². The van der Waals surface area contributed by atoms with Crippen LogP contribution in [0.1, 0.15) is 36.8 Å². The van der Waals surface area contributed by atoms with Crippen LogP contribution in [0.5, 0.6) is 0 Å². The molecule has 0 aliphatic carbocycles. The Morgan fingerprint density at radius 2 is 1.27 bits per heavy atom. The number of para-hydroxylation sites is 4. The van der Waals surface area contributed by atoms with Crippen molar-refractivity contribution < 1.29 is 24.3 Å². The molecule has 3 amide bonds. The number of aliphatic carboxylic acids is 1. The third-order valence-electron chi connectivity index (χ3n) is 7.32. The third-order valence-corrected chi connectivity index (χ3v) is 7.32. The van der Waals surface area contributed by atoms with Gasteiger partial charge in [-0.2, -0.15) is 0 Å². The van der Waals surface area contributed by atoms with Crippen molar-refractivity contribution in [2.45, 2.75) is 12.5 Å². The first-order valence-corrected chi connectivity index (χ1v) is 13.8. The normalized spacial score (nSPS) is 11.6. The zero-order valence-corrected chi connectivity index (χ0v) is 23.3. The van der Waals surface area contributed by atoms with Gasteiger partial charge in [0.1, 0.15) is 11.7 Å². The van der Waals surface area contributed by atoms with Crippen molar-refractivity contribution in [2.75, 3.05) is 10.6 Å². The summed E-state index contributed by atoms with van der Waals surface area (Å²) in [5, 5.41) is 19.8. The average molecular weight is 586 g/mol. The molecule has 218 valence electrons. The molecule has 6 N–H and O–H groups in total. The number of rotatable bonds is 9. The number of H-pyrrole nitrogens is 2. The Kier molecular flexibility index (Phi) is 7.62. The Bertz CT molecular complexity index is 2010. The number of hydrogen-bond acceptors (Lipinski definition) is 4. The minimum Gasteiger partial charge on any atom is -0.480 e. The molecule has 0 fully saturated rings. The predicted molar refractivity (Wildman–Crippen MR) is 168 cm³/mol. The Labute approximate surface area is 251 Å². The van der Waals surface area contributed by atoms with E-state index in [0.29, 0.717) is 5.69 Å². The van der Waals surface area contributed by atoms with Crippen LogP contribution in [0.2, 0.25) is 0 Å². The van der Waals surface area contributed by atoms with E-state index in [1.807, 2.05) is 48.5 Å². The fraction of sp³-hybridized carbons (Fsp3) is 0.0588. The Morgan fingerprint density at radius 1 is 0.682 bits per heavy atom. The number of carboxylic acids is 1. The second-order valence-corrected chi connectivity index (χ2v) is 10.2. The minimum absolute atomic E-state index is 0.0586. The van der Waals surface area contributed by atoms with Crippen molar-refractivity contribution in [3.63, 3.8) is 0 Å². The highest BCUT2D eigenvalue weighted by molar-refractivity contribution is 6.14. The van der Waals surface area contributed by atoms with Gasteiger partial charge in [0, 0.05) is 34.4 Å². The molecule has 0 bridgehead atoms. The lowest BCUT2D eigenvalue weighted by molar-refractivity contribution is -0.139. The maximum Gasteiger partial charge on any atom is 0.326 e. The number of benzene rings is 4. The molecule has 0 spiro atoms. The molecular formula is C34H27N5O5. The van der Waals surface area contributed by atoms with E-state index in [1.165, 1.54) is 6.07 Å². The van der Waals surface area contributed by atoms with Crippen molar-refractivity contribution >= 4 is 56.9 Å². The zero-order chi connectivity index (χ0) is 30.6. The van der Waals surface area contributed by atoms with Crippen molar-refractivity contribution in [3.8, 4) is 0 Å². The lowest BCUT2D eigenvalue weighted by Crippen LogP contribution is -2.42. The van der Waals surface area contributed by atoms with Crippen LogP contribution in [-0.2, 0) is 11.2 Å². The van der Waals surface area contributed by atoms with E-state index in [1.54, 1.807) is 54.7 Å². The highest BCUT2D eigenvalue weighted by Crippen LogP contribution is 2.23. The zero-order valence-electron chi connectivity index (χ0n) is 23.3. The van der Waals surface area contributed by atoms with Gasteiger partial charge in [-0.3, -0.25) is 14.4 Å². The first kappa shape index (κ1) is 28.0. The van der Waals surface area contributed by atoms with Crippen LogP contribution in [0.15, 0.2) is 109 Å². The second-order valence-electron chi connectivity index (χ2n) is 10.2. The van der Waals surface area contributed by atoms with E-state index in [-0.39, 0.29) is 28.9 Å². The van der Waals surface area contributed by atoms with E-state index in [2.05, 4.69) is 25.9 Å². The molecule has 44 heavy (non-hydrogen) atoms. The van der Waals surface area contributed by atoms with Crippen molar-refractivity contribution in [1.82, 2.24) is 15.3 Å². The lowest BCUT2D eigenvalue weighted by atomic mass is 10.0. The Balaban J connectivity index is 1.19. The van der Waals surface area contributed by atoms with E-state index in [0.717, 1.165) is 27.4 Å². The van der Waals surface area contributed by atoms with Gasteiger partial charge in [-0.25, -0.2) is 4.79 Å². The van der Waals surface area contributed by atoms with Crippen LogP contribution in [0.3, 0.4) is 0 Å². The minimum atomic E-state index is -1.22. The number of nitrogens with one attached hydrogen (secondary N) is 5. The van der Waals surface area contributed by atoms with Gasteiger partial charge in [0.05, 0.1) is 22.5 Å². The summed E-state index contributed by atoms with van der Waals surface area (Å²) in [4.78, 5) is 58.1. The van der Waals surface area contributed by atoms with Gasteiger partial charge in [0.25, 0.3) is 17.7 Å². The van der Waals surface area contributed by atoms with Crippen molar-refractivity contribution in [3.05, 3.63) is 132 Å². The molecule has 6 rings (SSSR count). The van der Waals surface area contributed by atoms with Gasteiger partial charge in [0.2, 0.25) is 0 Å². The van der Waals surface area contributed by atoms with Crippen LogP contribution in [0, 0.1) is 0 Å². The van der Waals surface area contributed by atoms with Crippen LogP contribution >= 0.6 is 0 Å². The van der Waals surface area contributed by atoms with Gasteiger partial charge in [-0.05, 0) is 48.0 Å². The van der Waals surface area contributed by atoms with E-state index < -0.39 is 29.7 Å². The van der Waals surface area contributed by atoms with Gasteiger partial charge >= 0.3 is 5.97 Å². The number of carbonyl (C=O) groups is 4. The first-order valence-electron chi connectivity index (χ1n) is 13.8. The largest absolute Gasteiger partial charge is 0.480 e. The molecule has 6 aromatic rings. The summed E-state index contributed by atoms with van der Waals surface area (Å²) in [5.41, 5.74) is 3.49. The van der Waals surface area contributed by atoms with Crippen LogP contribution < -0.4 is 16.0 Å². The Morgan fingerprint density at radius 3 is 1.98 bits per heavy atom. The number of carbonyl (C=O) groups excluding carboxylic acids is 3. The molecule has 10 heteroatoms. The monoisotopic (exact) mass is 585 g/mol. The number of anilines is 2. The van der Waals surface area contributed by atoms with Crippen LogP contribution in [0.4, 0.5) is 11.4 Å². The third kappa shape index (κ3) is 5.77. The number of hydrogen-bond donors (Lipinski definition) is 6. The SMILES string of the molecule is O=C(Nc1ccccc1C(=O)Nc1ccccc1C(=O)N[C@H](Cc1c[nH]c2ccccc12)C(=O)O)c1cc2ccccc2[nH]1. The highest BCUT2D eigenvalue weighted by atomic mass is 16.4. The maximum absolute atomic E-state index is 13.4. The summed E-state index contributed by atoms with van der Waals surface area (Å²) < 4.78 is 0. The van der Waals surface area contributed by atoms with E-state index >= 15 is 0 Å². The van der Waals surface area contributed by atoms with Crippen molar-refractivity contribution in [2.24, 2.45) is 0 Å². The molecule has 4 aromatic carbocycles. The number of aromatic amines is 2. The summed E-state index contributed by atoms with van der Waals surface area (Å²) in [5.74, 6) is -2.83. The number of carboxylic acid groups (broad SMARTS) is 1. The molecule has 2 heterocycles. The highest BCUT2D eigenvalue weighted by Gasteiger charge is 2.24. The van der Waals surface area contributed by atoms with Gasteiger partial charge in [-0.1, -0.05) is 60.7 Å². The molecule has 10 nitrogen and oxygen atoms in total. The molecule has 0 aliphatic rings. The summed E-state index contributed by atoms with van der Waals surface area (Å²) in [6.07, 6.45) is 1.79. The molecule has 0 aliphatic heterocycles. The topological polar surface area (TPSA) is 156 Å². The summed E-state index contributed by atoms with van der Waals surface area (Å²) in [6, 6.07) is 28.3. The molecule has 1 atom stereocenters. The summed E-state index contributed by atoms with van der Waals surface area (Å²) >= 11 is 0. The maximum atomic E-state index is 13.4. The molecular weight excluding hydrogens is 558 g/mol. The van der Waals surface area contributed by atoms with E-state index in [9.17, 15) is 24.3 Å². The lowest BCUT2D eigenvalue weighted by Gasteiger charge is -2.17. The van der Waals surface area contributed by atoms with Crippen molar-refractivity contribution in [1.29, 1.82) is 0 Å². The summed E-state index contributed by atoms with van der Waals surface area (Å²) in [7, 11) is 0. The van der Waals surface area contributed by atoms with Gasteiger partial charge < -0.3 is 31.0 Å². The number of aromatic nitrogens is 2. The smallest absolute Gasteiger partial charge is 0.326 e. The number of fused-ring (bicyclic) bond motifs is 2. The molecule has 0 saturated carbocycles. The first-order chi connectivity index (χ1) is 21.4. The standard InChI is InChI=1S/C34H27N5O5/c40-31(24-12-4-8-16-28(24)38-33(42)29-17-20-9-1-5-13-25(20)36-29)37-27-15-7-3-11-23(27)32(41)39-30(34(43)44)18-21-19-35-26-14-6-2-10-22(21)26/h1-17,19,30,35-36H,18H2,(H,37,40)(H,38,42)(H,39,41)(H,43,44)/t30-/m1/s1. The Hall–Kier alpha value is -6.16. The second kappa shape index (κ2) is 12.0. The molecule has 0 unspecified atom stereocenters. The van der Waals surface area contributed by atoms with Gasteiger partial charge in [0.15, 0.2) is 0 Å². The fourth-order valence-electron chi connectivity index (χ4n) is 5.11. The number of amides is 3. The van der Waals surface area contributed by atoms with Crippen LogP contribution in [-0.4, -0.2) is 44.8 Å². The summed E-state index contributed by atoms with van der Waals surface area (Å²) in [6.45, 7) is 0. The van der Waals surface area contributed by atoms with Gasteiger partial charge in [-0.15, -0.1) is 0 Å². The van der Waals surface area contributed by atoms with Crippen LogP contribution in [0.25, 0.3) is 21.8 Å². The molecule has 0 saturated heterocycles. The fourth-order valence-corrected chi connectivity index (χ4v) is 5.11.